The van der Waals surface area contributed by atoms with Crippen molar-refractivity contribution in [1.82, 2.24) is 0 Å². The maximum atomic E-state index is 6.02. The maximum absolute atomic E-state index is 6.02. The van der Waals surface area contributed by atoms with Crippen molar-refractivity contribution in [2.75, 3.05) is 0 Å². The Bertz CT molecular complexity index is 519. The molecule has 2 aromatic rings. The van der Waals surface area contributed by atoms with E-state index in [1.807, 2.05) is 11.8 Å². The largest absolute Gasteiger partial charge is 0.324 e. The van der Waals surface area contributed by atoms with E-state index in [4.69, 9.17) is 5.73 Å². The zero-order chi connectivity index (χ0) is 13.7. The van der Waals surface area contributed by atoms with Gasteiger partial charge in [-0.25, -0.2) is 0 Å². The van der Waals surface area contributed by atoms with Gasteiger partial charge in [0, 0.05) is 16.7 Å². The van der Waals surface area contributed by atoms with Crippen LogP contribution < -0.4 is 5.73 Å². The van der Waals surface area contributed by atoms with Gasteiger partial charge in [0.15, 0.2) is 0 Å². The minimum atomic E-state index is 0.162. The summed E-state index contributed by atoms with van der Waals surface area (Å²) in [7, 11) is 0. The third kappa shape index (κ3) is 3.85. The van der Waals surface area contributed by atoms with Crippen LogP contribution in [0, 0.1) is 6.92 Å². The molecule has 19 heavy (non-hydrogen) atoms. The van der Waals surface area contributed by atoms with Gasteiger partial charge in [0.05, 0.1) is 0 Å². The van der Waals surface area contributed by atoms with Crippen molar-refractivity contribution in [3.8, 4) is 0 Å². The second kappa shape index (κ2) is 6.78. The highest BCUT2D eigenvalue weighted by molar-refractivity contribution is 7.98. The lowest BCUT2D eigenvalue weighted by Crippen LogP contribution is -2.07. The number of benzene rings is 2. The van der Waals surface area contributed by atoms with Gasteiger partial charge in [-0.2, -0.15) is 0 Å². The molecular weight excluding hydrogens is 250 g/mol. The summed E-state index contributed by atoms with van der Waals surface area (Å²) >= 11 is 1.87. The predicted molar refractivity (Wildman–Crippen MR) is 84.4 cm³/mol. The molecule has 0 heterocycles. The minimum absolute atomic E-state index is 0.162. The van der Waals surface area contributed by atoms with E-state index in [1.165, 1.54) is 21.6 Å². The number of thioether (sulfide) groups is 1. The molecule has 0 fully saturated rings. The van der Waals surface area contributed by atoms with Crippen LogP contribution in [-0.4, -0.2) is 0 Å². The van der Waals surface area contributed by atoms with E-state index in [9.17, 15) is 0 Å². The van der Waals surface area contributed by atoms with Crippen LogP contribution in [0.15, 0.2) is 53.4 Å². The monoisotopic (exact) mass is 271 g/mol. The summed E-state index contributed by atoms with van der Waals surface area (Å²) in [5.41, 5.74) is 10.0. The molecule has 2 rings (SSSR count). The van der Waals surface area contributed by atoms with Crippen molar-refractivity contribution >= 4 is 11.8 Å². The highest BCUT2D eigenvalue weighted by Crippen LogP contribution is 2.25. The van der Waals surface area contributed by atoms with Gasteiger partial charge in [-0.15, -0.1) is 11.8 Å². The van der Waals surface area contributed by atoms with E-state index < -0.39 is 0 Å². The van der Waals surface area contributed by atoms with Crippen LogP contribution in [0.25, 0.3) is 0 Å². The van der Waals surface area contributed by atoms with Crippen LogP contribution in [0.5, 0.6) is 0 Å². The summed E-state index contributed by atoms with van der Waals surface area (Å²) in [4.78, 5) is 1.30. The summed E-state index contributed by atoms with van der Waals surface area (Å²) in [6, 6.07) is 17.4. The number of rotatable bonds is 5. The molecule has 100 valence electrons. The summed E-state index contributed by atoms with van der Waals surface area (Å²) in [6.45, 7) is 4.28. The summed E-state index contributed by atoms with van der Waals surface area (Å²) in [6.07, 6.45) is 0.982. The Hall–Kier alpha value is -1.25. The van der Waals surface area contributed by atoms with Gasteiger partial charge in [-0.05, 0) is 42.2 Å². The highest BCUT2D eigenvalue weighted by atomic mass is 32.2. The smallest absolute Gasteiger partial charge is 0.0292 e. The molecule has 2 heteroatoms. The standard InChI is InChI=1S/C17H21NS/c1-3-17(18)14-8-10-16(11-9-14)19-12-15-7-5-4-6-13(15)2/h4-11,17H,3,12,18H2,1-2H3. The zero-order valence-corrected chi connectivity index (χ0v) is 12.4. The number of hydrogen-bond acceptors (Lipinski definition) is 2. The molecule has 0 radical (unpaired) electrons. The van der Waals surface area contributed by atoms with Crippen molar-refractivity contribution in [2.45, 2.75) is 37.0 Å². The molecule has 1 unspecified atom stereocenters. The molecule has 0 saturated heterocycles. The van der Waals surface area contributed by atoms with Crippen LogP contribution in [0.1, 0.15) is 36.1 Å². The second-order valence-electron chi connectivity index (χ2n) is 4.80. The van der Waals surface area contributed by atoms with Crippen molar-refractivity contribution < 1.29 is 0 Å². The molecular formula is C17H21NS. The fraction of sp³-hybridized carbons (Fsp3) is 0.294. The predicted octanol–water partition coefficient (Wildman–Crippen LogP) is 4.70. The van der Waals surface area contributed by atoms with Crippen LogP contribution in [0.2, 0.25) is 0 Å². The zero-order valence-electron chi connectivity index (χ0n) is 11.6. The van der Waals surface area contributed by atoms with Crippen LogP contribution in [0.4, 0.5) is 0 Å². The van der Waals surface area contributed by atoms with Gasteiger partial charge in [-0.3, -0.25) is 0 Å². The van der Waals surface area contributed by atoms with Crippen LogP contribution >= 0.6 is 11.8 Å². The third-order valence-corrected chi connectivity index (χ3v) is 4.46. The summed E-state index contributed by atoms with van der Waals surface area (Å²) in [5.74, 6) is 1.02. The first-order valence-corrected chi connectivity index (χ1v) is 7.72. The van der Waals surface area contributed by atoms with Crippen molar-refractivity contribution in [3.63, 3.8) is 0 Å². The molecule has 0 aliphatic carbocycles. The second-order valence-corrected chi connectivity index (χ2v) is 5.85. The van der Waals surface area contributed by atoms with E-state index in [2.05, 4.69) is 62.4 Å². The van der Waals surface area contributed by atoms with E-state index in [-0.39, 0.29) is 6.04 Å². The molecule has 1 atom stereocenters. The lowest BCUT2D eigenvalue weighted by Gasteiger charge is -2.10. The molecule has 0 aliphatic rings. The SMILES string of the molecule is CCC(N)c1ccc(SCc2ccccc2C)cc1. The molecule has 1 nitrogen and oxygen atoms in total. The van der Waals surface area contributed by atoms with Crippen molar-refractivity contribution in [3.05, 3.63) is 65.2 Å². The molecule has 2 aromatic carbocycles. The Labute approximate surface area is 120 Å². The molecule has 2 N–H and O–H groups in total. The first kappa shape index (κ1) is 14.2. The van der Waals surface area contributed by atoms with Gasteiger partial charge >= 0.3 is 0 Å². The van der Waals surface area contributed by atoms with Crippen LogP contribution in [-0.2, 0) is 5.75 Å². The van der Waals surface area contributed by atoms with Crippen LogP contribution in [0.3, 0.4) is 0 Å². The normalized spacial score (nSPS) is 12.4. The number of aryl methyl sites for hydroxylation is 1. The fourth-order valence-corrected chi connectivity index (χ4v) is 2.95. The number of nitrogens with two attached hydrogens (primary N) is 1. The van der Waals surface area contributed by atoms with Gasteiger partial charge in [0.2, 0.25) is 0 Å². The van der Waals surface area contributed by atoms with Gasteiger partial charge < -0.3 is 5.73 Å². The fourth-order valence-electron chi connectivity index (χ4n) is 1.98. The van der Waals surface area contributed by atoms with Gasteiger partial charge in [0.1, 0.15) is 0 Å². The maximum Gasteiger partial charge on any atom is 0.0292 e. The molecule has 0 bridgehead atoms. The average Bonchev–Trinajstić information content (AvgIpc) is 2.46. The molecule has 0 saturated carbocycles. The van der Waals surface area contributed by atoms with E-state index >= 15 is 0 Å². The first-order chi connectivity index (χ1) is 9.20. The molecule has 0 aliphatic heterocycles. The Morgan fingerprint density at radius 1 is 1.05 bits per heavy atom. The van der Waals surface area contributed by atoms with E-state index in [0.29, 0.717) is 0 Å². The van der Waals surface area contributed by atoms with Crippen molar-refractivity contribution in [2.24, 2.45) is 5.73 Å². The Balaban J connectivity index is 1.99. The lowest BCUT2D eigenvalue weighted by molar-refractivity contribution is 0.698. The van der Waals surface area contributed by atoms with Crippen molar-refractivity contribution in [1.29, 1.82) is 0 Å². The Kier molecular flexibility index (Phi) is 5.06. The first-order valence-electron chi connectivity index (χ1n) is 6.73. The summed E-state index contributed by atoms with van der Waals surface area (Å²) in [5, 5.41) is 0. The molecule has 0 amide bonds. The highest BCUT2D eigenvalue weighted by Gasteiger charge is 2.03. The minimum Gasteiger partial charge on any atom is -0.324 e. The number of hydrogen-bond donors (Lipinski definition) is 1. The topological polar surface area (TPSA) is 26.0 Å². The Morgan fingerprint density at radius 3 is 2.37 bits per heavy atom. The molecule has 0 spiro atoms. The Morgan fingerprint density at radius 2 is 1.74 bits per heavy atom. The third-order valence-electron chi connectivity index (χ3n) is 3.40. The van der Waals surface area contributed by atoms with E-state index in [1.54, 1.807) is 0 Å². The molecule has 0 aromatic heterocycles. The van der Waals surface area contributed by atoms with E-state index in [0.717, 1.165) is 12.2 Å². The van der Waals surface area contributed by atoms with Gasteiger partial charge in [-0.1, -0.05) is 43.3 Å². The summed E-state index contributed by atoms with van der Waals surface area (Å²) < 4.78 is 0. The lowest BCUT2D eigenvalue weighted by atomic mass is 10.1. The quantitative estimate of drug-likeness (QED) is 0.798. The van der Waals surface area contributed by atoms with Gasteiger partial charge in [0.25, 0.3) is 0 Å². The average molecular weight is 271 g/mol.